The van der Waals surface area contributed by atoms with E-state index in [1.54, 1.807) is 19.1 Å². The standard InChI is InChI=1S/C18H26N4O3/c1-10(2)6-13-9-15(19)17(20-16-8-12(5)25-21-16)14(7-11(3)4)18(13)22(23)24/h8-11H,6-7,19H2,1-5H3,(H,20,21). The molecule has 0 aliphatic carbocycles. The predicted octanol–water partition coefficient (Wildman–Crippen LogP) is 4.61. The van der Waals surface area contributed by atoms with Crippen LogP contribution in [-0.4, -0.2) is 10.1 Å². The zero-order chi connectivity index (χ0) is 18.7. The van der Waals surface area contributed by atoms with Crippen molar-refractivity contribution in [1.29, 1.82) is 0 Å². The molecular formula is C18H26N4O3. The number of nitro benzene ring substituents is 1. The first-order valence-corrected chi connectivity index (χ1v) is 8.48. The van der Waals surface area contributed by atoms with Crippen LogP contribution in [0.3, 0.4) is 0 Å². The smallest absolute Gasteiger partial charge is 0.277 e. The second-order valence-electron chi connectivity index (χ2n) is 7.23. The lowest BCUT2D eigenvalue weighted by Gasteiger charge is -2.18. The van der Waals surface area contributed by atoms with Crippen molar-refractivity contribution in [2.45, 2.75) is 47.5 Å². The number of aryl methyl sites for hydroxylation is 1. The van der Waals surface area contributed by atoms with E-state index >= 15 is 0 Å². The van der Waals surface area contributed by atoms with Crippen LogP contribution < -0.4 is 11.1 Å². The number of nitro groups is 1. The van der Waals surface area contributed by atoms with E-state index in [0.29, 0.717) is 52.8 Å². The van der Waals surface area contributed by atoms with Crippen LogP contribution in [0.5, 0.6) is 0 Å². The van der Waals surface area contributed by atoms with E-state index in [1.807, 2.05) is 27.7 Å². The van der Waals surface area contributed by atoms with Crippen LogP contribution in [0.25, 0.3) is 0 Å². The molecule has 1 heterocycles. The molecule has 3 N–H and O–H groups in total. The van der Waals surface area contributed by atoms with E-state index in [1.165, 1.54) is 0 Å². The fourth-order valence-corrected chi connectivity index (χ4v) is 2.95. The average molecular weight is 346 g/mol. The second-order valence-corrected chi connectivity index (χ2v) is 7.23. The number of hydrogen-bond donors (Lipinski definition) is 2. The van der Waals surface area contributed by atoms with Gasteiger partial charge in [-0.1, -0.05) is 32.9 Å². The Hall–Kier alpha value is -2.57. The Morgan fingerprint density at radius 3 is 2.36 bits per heavy atom. The molecule has 0 radical (unpaired) electrons. The van der Waals surface area contributed by atoms with Gasteiger partial charge in [-0.2, -0.15) is 0 Å². The van der Waals surface area contributed by atoms with Gasteiger partial charge < -0.3 is 15.6 Å². The first kappa shape index (κ1) is 18.8. The number of nitrogen functional groups attached to an aromatic ring is 1. The van der Waals surface area contributed by atoms with Gasteiger partial charge in [0.1, 0.15) is 5.76 Å². The molecular weight excluding hydrogens is 320 g/mol. The summed E-state index contributed by atoms with van der Waals surface area (Å²) < 4.78 is 5.06. The SMILES string of the molecule is Cc1cc(Nc2c(N)cc(CC(C)C)c([N+](=O)[O-])c2CC(C)C)no1. The van der Waals surface area contributed by atoms with Gasteiger partial charge in [0.05, 0.1) is 21.9 Å². The number of nitrogens with one attached hydrogen (secondary N) is 1. The van der Waals surface area contributed by atoms with E-state index in [2.05, 4.69) is 10.5 Å². The van der Waals surface area contributed by atoms with Crippen LogP contribution in [-0.2, 0) is 12.8 Å². The summed E-state index contributed by atoms with van der Waals surface area (Å²) in [4.78, 5) is 11.5. The van der Waals surface area contributed by atoms with E-state index in [4.69, 9.17) is 10.3 Å². The molecule has 7 nitrogen and oxygen atoms in total. The lowest BCUT2D eigenvalue weighted by molar-refractivity contribution is -0.386. The molecule has 0 saturated heterocycles. The summed E-state index contributed by atoms with van der Waals surface area (Å²) in [7, 11) is 0. The minimum atomic E-state index is -0.298. The van der Waals surface area contributed by atoms with Crippen LogP contribution in [0.2, 0.25) is 0 Å². The topological polar surface area (TPSA) is 107 Å². The third-order valence-corrected chi connectivity index (χ3v) is 3.81. The molecule has 0 saturated carbocycles. The molecule has 25 heavy (non-hydrogen) atoms. The van der Waals surface area contributed by atoms with Crippen LogP contribution in [0, 0.1) is 28.9 Å². The maximum absolute atomic E-state index is 11.8. The maximum Gasteiger partial charge on any atom is 0.277 e. The van der Waals surface area contributed by atoms with Crippen molar-refractivity contribution in [3.63, 3.8) is 0 Å². The van der Waals surface area contributed by atoms with Gasteiger partial charge in [-0.05, 0) is 37.7 Å². The summed E-state index contributed by atoms with van der Waals surface area (Å²) in [5, 5.41) is 18.8. The Bertz CT molecular complexity index is 766. The number of hydrogen-bond acceptors (Lipinski definition) is 6. The Morgan fingerprint density at radius 1 is 1.24 bits per heavy atom. The van der Waals surface area contributed by atoms with Gasteiger partial charge in [0.2, 0.25) is 0 Å². The summed E-state index contributed by atoms with van der Waals surface area (Å²) in [5.74, 6) is 1.67. The largest absolute Gasteiger partial charge is 0.397 e. The molecule has 1 aromatic carbocycles. The van der Waals surface area contributed by atoms with Crippen molar-refractivity contribution in [3.05, 3.63) is 39.1 Å². The van der Waals surface area contributed by atoms with Crippen LogP contribution in [0.15, 0.2) is 16.7 Å². The number of aromatic nitrogens is 1. The molecule has 1 aromatic heterocycles. The van der Waals surface area contributed by atoms with Gasteiger partial charge in [0.25, 0.3) is 5.69 Å². The monoisotopic (exact) mass is 346 g/mol. The van der Waals surface area contributed by atoms with E-state index in [0.717, 1.165) is 0 Å². The normalized spacial score (nSPS) is 11.3. The maximum atomic E-state index is 11.8. The lowest BCUT2D eigenvalue weighted by Crippen LogP contribution is -2.11. The molecule has 0 aliphatic heterocycles. The summed E-state index contributed by atoms with van der Waals surface area (Å²) in [6, 6.07) is 3.43. The molecule has 7 heteroatoms. The number of benzene rings is 1. The Morgan fingerprint density at radius 2 is 1.88 bits per heavy atom. The first-order chi connectivity index (χ1) is 11.7. The van der Waals surface area contributed by atoms with Gasteiger partial charge in [-0.25, -0.2) is 0 Å². The van der Waals surface area contributed by atoms with E-state index in [9.17, 15) is 10.1 Å². The molecule has 0 bridgehead atoms. The molecule has 0 fully saturated rings. The van der Waals surface area contributed by atoms with Crippen molar-refractivity contribution >= 4 is 22.9 Å². The number of nitrogens with two attached hydrogens (primary N) is 1. The van der Waals surface area contributed by atoms with Gasteiger partial charge in [0, 0.05) is 11.6 Å². The predicted molar refractivity (Wildman–Crippen MR) is 99.1 cm³/mol. The Balaban J connectivity index is 2.63. The van der Waals surface area contributed by atoms with Crippen LogP contribution in [0.1, 0.15) is 44.6 Å². The molecule has 2 rings (SSSR count). The Kier molecular flexibility index (Phi) is 5.66. The summed E-state index contributed by atoms with van der Waals surface area (Å²) >= 11 is 0. The minimum Gasteiger partial charge on any atom is -0.397 e. The van der Waals surface area contributed by atoms with Crippen molar-refractivity contribution in [1.82, 2.24) is 5.16 Å². The first-order valence-electron chi connectivity index (χ1n) is 8.48. The highest BCUT2D eigenvalue weighted by Crippen LogP contribution is 2.39. The highest BCUT2D eigenvalue weighted by atomic mass is 16.6. The third-order valence-electron chi connectivity index (χ3n) is 3.81. The zero-order valence-electron chi connectivity index (χ0n) is 15.4. The molecule has 2 aromatic rings. The van der Waals surface area contributed by atoms with E-state index in [-0.39, 0.29) is 16.5 Å². The van der Waals surface area contributed by atoms with Crippen molar-refractivity contribution in [3.8, 4) is 0 Å². The fourth-order valence-electron chi connectivity index (χ4n) is 2.95. The molecule has 0 atom stereocenters. The third kappa shape index (κ3) is 4.49. The highest BCUT2D eigenvalue weighted by Gasteiger charge is 2.27. The zero-order valence-corrected chi connectivity index (χ0v) is 15.4. The van der Waals surface area contributed by atoms with Gasteiger partial charge in [0.15, 0.2) is 5.82 Å². The summed E-state index contributed by atoms with van der Waals surface area (Å²) in [5.41, 5.74) is 8.73. The summed E-state index contributed by atoms with van der Waals surface area (Å²) in [6.45, 7) is 9.90. The molecule has 0 amide bonds. The fraction of sp³-hybridized carbons (Fsp3) is 0.500. The number of rotatable bonds is 7. The van der Waals surface area contributed by atoms with Gasteiger partial charge in [-0.3, -0.25) is 10.1 Å². The quantitative estimate of drug-likeness (QED) is 0.430. The molecule has 0 unspecified atom stereocenters. The molecule has 0 spiro atoms. The van der Waals surface area contributed by atoms with Crippen LogP contribution in [0.4, 0.5) is 22.9 Å². The number of nitrogens with zero attached hydrogens (tertiary/aromatic N) is 2. The van der Waals surface area contributed by atoms with Crippen molar-refractivity contribution in [2.24, 2.45) is 11.8 Å². The average Bonchev–Trinajstić information content (AvgIpc) is 2.86. The molecule has 136 valence electrons. The Labute approximate surface area is 147 Å². The van der Waals surface area contributed by atoms with Crippen molar-refractivity contribution < 1.29 is 9.45 Å². The van der Waals surface area contributed by atoms with Gasteiger partial charge >= 0.3 is 0 Å². The minimum absolute atomic E-state index is 0.152. The molecule has 0 aliphatic rings. The lowest BCUT2D eigenvalue weighted by atomic mass is 9.92. The highest BCUT2D eigenvalue weighted by molar-refractivity contribution is 5.80. The number of anilines is 3. The van der Waals surface area contributed by atoms with Crippen LogP contribution >= 0.6 is 0 Å². The van der Waals surface area contributed by atoms with Gasteiger partial charge in [-0.15, -0.1) is 0 Å². The van der Waals surface area contributed by atoms with E-state index < -0.39 is 0 Å². The van der Waals surface area contributed by atoms with Crippen molar-refractivity contribution in [2.75, 3.05) is 11.1 Å². The summed E-state index contributed by atoms with van der Waals surface area (Å²) in [6.07, 6.45) is 1.15. The second kappa shape index (κ2) is 7.55.